The number of aromatic nitrogens is 2. The maximum absolute atomic E-state index is 12.2. The number of hydrogen-bond donors (Lipinski definition) is 1. The van der Waals surface area contributed by atoms with Crippen molar-refractivity contribution in [3.63, 3.8) is 0 Å². The van der Waals surface area contributed by atoms with Gasteiger partial charge in [0.05, 0.1) is 17.6 Å². The zero-order chi connectivity index (χ0) is 14.8. The summed E-state index contributed by atoms with van der Waals surface area (Å²) >= 11 is 1.55. The third-order valence-electron chi connectivity index (χ3n) is 3.15. The smallest absolute Gasteiger partial charge is 0.290 e. The molecule has 0 bridgehead atoms. The highest BCUT2D eigenvalue weighted by molar-refractivity contribution is 7.09. The number of rotatable bonds is 4. The molecule has 0 spiro atoms. The molecule has 0 unspecified atom stereocenters. The standard InChI is InChI=1S/C15H15N3O2S/c1-9(2)12-8-21-13(17-12)7-16-15(19)14-10-5-3-4-6-11(10)18-20-14/h3-6,8-9H,7H2,1-2H3,(H,16,19). The molecule has 21 heavy (non-hydrogen) atoms. The minimum Gasteiger partial charge on any atom is -0.350 e. The normalized spacial score (nSPS) is 11.2. The number of thiazole rings is 1. The number of amides is 1. The van der Waals surface area contributed by atoms with E-state index in [0.717, 1.165) is 16.1 Å². The van der Waals surface area contributed by atoms with Crippen LogP contribution >= 0.6 is 11.3 Å². The highest BCUT2D eigenvalue weighted by Gasteiger charge is 2.16. The second-order valence-electron chi connectivity index (χ2n) is 5.03. The maximum Gasteiger partial charge on any atom is 0.290 e. The Bertz CT molecular complexity index is 776. The van der Waals surface area contributed by atoms with Gasteiger partial charge in [-0.2, -0.15) is 0 Å². The maximum atomic E-state index is 12.2. The van der Waals surface area contributed by atoms with Gasteiger partial charge in [0.25, 0.3) is 5.91 Å². The van der Waals surface area contributed by atoms with Crippen molar-refractivity contribution in [1.82, 2.24) is 15.5 Å². The van der Waals surface area contributed by atoms with Gasteiger partial charge in [0.1, 0.15) is 10.5 Å². The SMILES string of the molecule is CC(C)c1csc(CNC(=O)c2onc3ccccc23)n1. The van der Waals surface area contributed by atoms with Gasteiger partial charge in [0.2, 0.25) is 5.76 Å². The van der Waals surface area contributed by atoms with E-state index in [9.17, 15) is 4.79 Å². The van der Waals surface area contributed by atoms with Crippen LogP contribution in [0.15, 0.2) is 34.2 Å². The average molecular weight is 301 g/mol. The van der Waals surface area contributed by atoms with Gasteiger partial charge in [0, 0.05) is 5.38 Å². The van der Waals surface area contributed by atoms with Gasteiger partial charge in [-0.3, -0.25) is 4.79 Å². The van der Waals surface area contributed by atoms with Crippen molar-refractivity contribution in [2.45, 2.75) is 26.3 Å². The molecule has 2 heterocycles. The fourth-order valence-electron chi connectivity index (χ4n) is 1.96. The molecule has 0 radical (unpaired) electrons. The van der Waals surface area contributed by atoms with Crippen LogP contribution in [0.4, 0.5) is 0 Å². The monoisotopic (exact) mass is 301 g/mol. The second kappa shape index (κ2) is 5.65. The quantitative estimate of drug-likeness (QED) is 0.802. The summed E-state index contributed by atoms with van der Waals surface area (Å²) < 4.78 is 5.13. The van der Waals surface area contributed by atoms with E-state index in [0.29, 0.717) is 18.0 Å². The number of carbonyl (C=O) groups excluding carboxylic acids is 1. The zero-order valence-electron chi connectivity index (χ0n) is 11.8. The Morgan fingerprint density at radius 2 is 2.19 bits per heavy atom. The number of nitrogens with zero attached hydrogens (tertiary/aromatic N) is 2. The molecule has 0 saturated carbocycles. The van der Waals surface area contributed by atoms with Crippen molar-refractivity contribution in [1.29, 1.82) is 0 Å². The Hall–Kier alpha value is -2.21. The molecule has 3 rings (SSSR count). The molecule has 0 aliphatic heterocycles. The van der Waals surface area contributed by atoms with Crippen LogP contribution in [0.2, 0.25) is 0 Å². The highest BCUT2D eigenvalue weighted by Crippen LogP contribution is 2.19. The Kier molecular flexibility index (Phi) is 3.70. The first-order valence-corrected chi connectivity index (χ1v) is 7.60. The van der Waals surface area contributed by atoms with Crippen molar-refractivity contribution in [2.24, 2.45) is 0 Å². The molecule has 0 aliphatic carbocycles. The van der Waals surface area contributed by atoms with Crippen molar-refractivity contribution in [2.75, 3.05) is 0 Å². The van der Waals surface area contributed by atoms with Gasteiger partial charge in [-0.25, -0.2) is 4.98 Å². The minimum atomic E-state index is -0.273. The Balaban J connectivity index is 1.71. The molecule has 2 aromatic heterocycles. The van der Waals surface area contributed by atoms with Gasteiger partial charge in [0.15, 0.2) is 0 Å². The van der Waals surface area contributed by atoms with Crippen LogP contribution in [0.25, 0.3) is 10.9 Å². The van der Waals surface area contributed by atoms with E-state index in [1.165, 1.54) is 0 Å². The first kappa shape index (κ1) is 13.8. The Morgan fingerprint density at radius 1 is 1.38 bits per heavy atom. The van der Waals surface area contributed by atoms with Gasteiger partial charge in [-0.15, -0.1) is 11.3 Å². The number of fused-ring (bicyclic) bond motifs is 1. The predicted octanol–water partition coefficient (Wildman–Crippen LogP) is 3.34. The van der Waals surface area contributed by atoms with Crippen molar-refractivity contribution in [3.8, 4) is 0 Å². The lowest BCUT2D eigenvalue weighted by atomic mass is 10.2. The van der Waals surface area contributed by atoms with Crippen molar-refractivity contribution >= 4 is 28.1 Å². The molecule has 0 saturated heterocycles. The molecule has 0 atom stereocenters. The first-order chi connectivity index (χ1) is 10.1. The molecular weight excluding hydrogens is 286 g/mol. The fourth-order valence-corrected chi connectivity index (χ4v) is 2.86. The number of carbonyl (C=O) groups is 1. The lowest BCUT2D eigenvalue weighted by Crippen LogP contribution is -2.22. The van der Waals surface area contributed by atoms with Crippen LogP contribution in [0.1, 0.15) is 41.0 Å². The number of nitrogens with one attached hydrogen (secondary N) is 1. The minimum absolute atomic E-state index is 0.242. The van der Waals surface area contributed by atoms with E-state index < -0.39 is 0 Å². The van der Waals surface area contributed by atoms with Crippen LogP contribution in [0, 0.1) is 0 Å². The van der Waals surface area contributed by atoms with Gasteiger partial charge in [-0.05, 0) is 18.1 Å². The molecule has 0 fully saturated rings. The summed E-state index contributed by atoms with van der Waals surface area (Å²) in [6.07, 6.45) is 0. The van der Waals surface area contributed by atoms with Gasteiger partial charge >= 0.3 is 0 Å². The van der Waals surface area contributed by atoms with Crippen LogP contribution in [0.5, 0.6) is 0 Å². The summed E-state index contributed by atoms with van der Waals surface area (Å²) in [7, 11) is 0. The summed E-state index contributed by atoms with van der Waals surface area (Å²) in [6, 6.07) is 7.34. The van der Waals surface area contributed by atoms with E-state index in [4.69, 9.17) is 4.52 Å². The average Bonchev–Trinajstić information content (AvgIpc) is 3.11. The Labute approximate surface area is 126 Å². The van der Waals surface area contributed by atoms with Gasteiger partial charge < -0.3 is 9.84 Å². The van der Waals surface area contributed by atoms with E-state index in [-0.39, 0.29) is 11.7 Å². The van der Waals surface area contributed by atoms with E-state index >= 15 is 0 Å². The summed E-state index contributed by atoms with van der Waals surface area (Å²) in [5.41, 5.74) is 1.73. The van der Waals surface area contributed by atoms with Gasteiger partial charge in [-0.1, -0.05) is 31.1 Å². The van der Waals surface area contributed by atoms with Crippen LogP contribution < -0.4 is 5.32 Å². The summed E-state index contributed by atoms with van der Waals surface area (Å²) in [4.78, 5) is 16.6. The molecule has 1 aromatic carbocycles. The van der Waals surface area contributed by atoms with Crippen molar-refractivity contribution in [3.05, 3.63) is 46.1 Å². The second-order valence-corrected chi connectivity index (χ2v) is 5.97. The molecule has 1 N–H and O–H groups in total. The Morgan fingerprint density at radius 3 is 2.95 bits per heavy atom. The van der Waals surface area contributed by atoms with Crippen LogP contribution in [-0.4, -0.2) is 16.0 Å². The molecule has 108 valence electrons. The topological polar surface area (TPSA) is 68.0 Å². The summed E-state index contributed by atoms with van der Waals surface area (Å²) in [6.45, 7) is 4.58. The van der Waals surface area contributed by atoms with Crippen LogP contribution in [0.3, 0.4) is 0 Å². The fraction of sp³-hybridized carbons (Fsp3) is 0.267. The van der Waals surface area contributed by atoms with E-state index in [1.807, 2.05) is 29.6 Å². The van der Waals surface area contributed by atoms with Crippen LogP contribution in [-0.2, 0) is 6.54 Å². The summed E-state index contributed by atoms with van der Waals surface area (Å²) in [5.74, 6) is 0.361. The third kappa shape index (κ3) is 2.80. The van der Waals surface area contributed by atoms with E-state index in [1.54, 1.807) is 11.3 Å². The molecule has 0 aliphatic rings. The third-order valence-corrected chi connectivity index (χ3v) is 4.02. The molecule has 5 nitrogen and oxygen atoms in total. The van der Waals surface area contributed by atoms with E-state index in [2.05, 4.69) is 29.3 Å². The zero-order valence-corrected chi connectivity index (χ0v) is 12.6. The van der Waals surface area contributed by atoms with Crippen molar-refractivity contribution < 1.29 is 9.32 Å². The lowest BCUT2D eigenvalue weighted by molar-refractivity contribution is 0.0916. The predicted molar refractivity (Wildman–Crippen MR) is 81.4 cm³/mol. The molecular formula is C15H15N3O2S. The molecule has 3 aromatic rings. The number of benzene rings is 1. The molecule has 1 amide bonds. The first-order valence-electron chi connectivity index (χ1n) is 6.72. The largest absolute Gasteiger partial charge is 0.350 e. The summed E-state index contributed by atoms with van der Waals surface area (Å²) in [5, 5.41) is 10.3. The lowest BCUT2D eigenvalue weighted by Gasteiger charge is -2.00. The molecule has 6 heteroatoms. The number of hydrogen-bond acceptors (Lipinski definition) is 5. The highest BCUT2D eigenvalue weighted by atomic mass is 32.1.